The fraction of sp³-hybridized carbons (Fsp3) is 0.273. The summed E-state index contributed by atoms with van der Waals surface area (Å²) < 4.78 is 26.8. The first-order chi connectivity index (χ1) is 8.53. The first-order valence-electron chi connectivity index (χ1n) is 5.24. The molecular weight excluding hydrogens is 290 g/mol. The van der Waals surface area contributed by atoms with Gasteiger partial charge in [0.1, 0.15) is 4.21 Å². The molecular formula is C11H13NO3S3. The number of hydrogen-bond donors (Lipinski definition) is 2. The van der Waals surface area contributed by atoms with E-state index in [1.165, 1.54) is 6.07 Å². The zero-order valence-corrected chi connectivity index (χ0v) is 12.2. The van der Waals surface area contributed by atoms with Crippen LogP contribution in [-0.2, 0) is 23.2 Å². The Hall–Kier alpha value is -0.730. The Bertz CT molecular complexity index is 628. The van der Waals surface area contributed by atoms with Crippen LogP contribution in [0, 0.1) is 6.92 Å². The molecule has 0 radical (unpaired) electrons. The highest BCUT2D eigenvalue weighted by atomic mass is 32.2. The van der Waals surface area contributed by atoms with Crippen molar-refractivity contribution in [2.45, 2.75) is 24.3 Å². The minimum atomic E-state index is -3.48. The largest absolute Gasteiger partial charge is 0.391 e. The van der Waals surface area contributed by atoms with Crippen LogP contribution in [0.4, 0.5) is 0 Å². The van der Waals surface area contributed by atoms with Crippen molar-refractivity contribution in [2.24, 2.45) is 0 Å². The van der Waals surface area contributed by atoms with E-state index in [1.807, 2.05) is 17.7 Å². The van der Waals surface area contributed by atoms with Gasteiger partial charge < -0.3 is 5.11 Å². The Morgan fingerprint density at radius 1 is 1.33 bits per heavy atom. The van der Waals surface area contributed by atoms with Gasteiger partial charge in [0.2, 0.25) is 10.0 Å². The summed E-state index contributed by atoms with van der Waals surface area (Å²) in [6, 6.07) is 3.13. The molecule has 0 aliphatic rings. The molecule has 0 unspecified atom stereocenters. The number of aliphatic hydroxyl groups is 1. The van der Waals surface area contributed by atoms with Crippen molar-refractivity contribution in [3.8, 4) is 0 Å². The zero-order chi connectivity index (χ0) is 13.2. The molecule has 0 saturated carbocycles. The molecule has 0 saturated heterocycles. The summed E-state index contributed by atoms with van der Waals surface area (Å²) in [5.74, 6) is 0. The maximum Gasteiger partial charge on any atom is 0.250 e. The normalized spacial score (nSPS) is 11.9. The fourth-order valence-electron chi connectivity index (χ4n) is 1.40. The van der Waals surface area contributed by atoms with Crippen molar-refractivity contribution < 1.29 is 13.5 Å². The lowest BCUT2D eigenvalue weighted by Gasteiger charge is -2.04. The quantitative estimate of drug-likeness (QED) is 0.889. The summed E-state index contributed by atoms with van der Waals surface area (Å²) in [6.07, 6.45) is 0. The van der Waals surface area contributed by atoms with Crippen molar-refractivity contribution >= 4 is 32.7 Å². The highest BCUT2D eigenvalue weighted by Crippen LogP contribution is 2.22. The SMILES string of the molecule is Cc1cscc1CNS(=O)(=O)c1ccc(CO)s1. The molecule has 7 heteroatoms. The molecule has 0 aliphatic carbocycles. The molecule has 0 amide bonds. The maximum absolute atomic E-state index is 12.0. The molecule has 98 valence electrons. The third kappa shape index (κ3) is 2.99. The third-order valence-electron chi connectivity index (χ3n) is 2.47. The lowest BCUT2D eigenvalue weighted by atomic mass is 10.2. The van der Waals surface area contributed by atoms with Gasteiger partial charge in [-0.05, 0) is 40.9 Å². The van der Waals surface area contributed by atoms with Gasteiger partial charge in [-0.3, -0.25) is 0 Å². The van der Waals surface area contributed by atoms with E-state index in [9.17, 15) is 8.42 Å². The van der Waals surface area contributed by atoms with Gasteiger partial charge in [-0.2, -0.15) is 11.3 Å². The zero-order valence-electron chi connectivity index (χ0n) is 9.71. The number of aryl methyl sites for hydroxylation is 1. The number of thiophene rings is 2. The van der Waals surface area contributed by atoms with E-state index >= 15 is 0 Å². The van der Waals surface area contributed by atoms with Crippen LogP contribution in [0.25, 0.3) is 0 Å². The topological polar surface area (TPSA) is 66.4 Å². The molecule has 0 fully saturated rings. The number of nitrogens with one attached hydrogen (secondary N) is 1. The highest BCUT2D eigenvalue weighted by molar-refractivity contribution is 7.91. The van der Waals surface area contributed by atoms with Gasteiger partial charge >= 0.3 is 0 Å². The van der Waals surface area contributed by atoms with Crippen LogP contribution >= 0.6 is 22.7 Å². The van der Waals surface area contributed by atoms with Crippen LogP contribution in [-0.4, -0.2) is 13.5 Å². The maximum atomic E-state index is 12.0. The van der Waals surface area contributed by atoms with E-state index in [2.05, 4.69) is 4.72 Å². The van der Waals surface area contributed by atoms with E-state index in [-0.39, 0.29) is 10.8 Å². The number of rotatable bonds is 5. The average Bonchev–Trinajstić information content (AvgIpc) is 2.95. The van der Waals surface area contributed by atoms with Gasteiger partial charge in [0.25, 0.3) is 0 Å². The molecule has 2 heterocycles. The minimum absolute atomic E-state index is 0.135. The van der Waals surface area contributed by atoms with Crippen molar-refractivity contribution in [3.05, 3.63) is 38.9 Å². The smallest absolute Gasteiger partial charge is 0.250 e. The lowest BCUT2D eigenvalue weighted by molar-refractivity contribution is 0.285. The summed E-state index contributed by atoms with van der Waals surface area (Å²) in [6.45, 7) is 2.11. The van der Waals surface area contributed by atoms with Gasteiger partial charge in [0.05, 0.1) is 6.61 Å². The molecule has 0 atom stereocenters. The van der Waals surface area contributed by atoms with E-state index in [0.717, 1.165) is 22.5 Å². The Kier molecular flexibility index (Phi) is 4.18. The second-order valence-electron chi connectivity index (χ2n) is 3.78. The van der Waals surface area contributed by atoms with Crippen LogP contribution in [0.2, 0.25) is 0 Å². The van der Waals surface area contributed by atoms with Crippen molar-refractivity contribution in [3.63, 3.8) is 0 Å². The van der Waals surface area contributed by atoms with Gasteiger partial charge in [-0.1, -0.05) is 0 Å². The summed E-state index contributed by atoms with van der Waals surface area (Å²) in [5, 5.41) is 12.9. The van der Waals surface area contributed by atoms with Crippen molar-refractivity contribution in [1.29, 1.82) is 0 Å². The second-order valence-corrected chi connectivity index (χ2v) is 7.69. The van der Waals surface area contributed by atoms with Gasteiger partial charge in [-0.25, -0.2) is 13.1 Å². The summed E-state index contributed by atoms with van der Waals surface area (Å²) >= 11 is 2.64. The standard InChI is InChI=1S/C11H13NO3S3/c1-8-6-16-7-9(8)4-12-18(14,15)11-3-2-10(5-13)17-11/h2-3,6-7,12-13H,4-5H2,1H3. The first kappa shape index (κ1) is 13.7. The van der Waals surface area contributed by atoms with Crippen LogP contribution < -0.4 is 4.72 Å². The molecule has 0 aromatic carbocycles. The van der Waals surface area contributed by atoms with E-state index in [1.54, 1.807) is 17.4 Å². The van der Waals surface area contributed by atoms with Crippen LogP contribution in [0.3, 0.4) is 0 Å². The van der Waals surface area contributed by atoms with Gasteiger partial charge in [-0.15, -0.1) is 11.3 Å². The molecule has 0 spiro atoms. The van der Waals surface area contributed by atoms with Crippen LogP contribution in [0.5, 0.6) is 0 Å². The Balaban J connectivity index is 2.10. The van der Waals surface area contributed by atoms with Crippen LogP contribution in [0.1, 0.15) is 16.0 Å². The molecule has 2 aromatic heterocycles. The van der Waals surface area contributed by atoms with Crippen LogP contribution in [0.15, 0.2) is 27.1 Å². The van der Waals surface area contributed by atoms with Gasteiger partial charge in [0.15, 0.2) is 0 Å². The predicted molar refractivity (Wildman–Crippen MR) is 73.3 cm³/mol. The number of aliphatic hydroxyl groups excluding tert-OH is 1. The summed E-state index contributed by atoms with van der Waals surface area (Å²) in [5.41, 5.74) is 2.08. The van der Waals surface area contributed by atoms with Crippen molar-refractivity contribution in [1.82, 2.24) is 4.72 Å². The van der Waals surface area contributed by atoms with E-state index in [4.69, 9.17) is 5.11 Å². The second kappa shape index (κ2) is 5.50. The first-order valence-corrected chi connectivity index (χ1v) is 8.48. The highest BCUT2D eigenvalue weighted by Gasteiger charge is 2.16. The molecule has 2 aromatic rings. The van der Waals surface area contributed by atoms with Crippen molar-refractivity contribution in [2.75, 3.05) is 0 Å². The molecule has 2 N–H and O–H groups in total. The Labute approximate surface area is 114 Å². The molecule has 4 nitrogen and oxygen atoms in total. The monoisotopic (exact) mass is 303 g/mol. The summed E-state index contributed by atoms with van der Waals surface area (Å²) in [7, 11) is -3.48. The molecule has 18 heavy (non-hydrogen) atoms. The number of hydrogen-bond acceptors (Lipinski definition) is 5. The Morgan fingerprint density at radius 3 is 2.67 bits per heavy atom. The molecule has 0 bridgehead atoms. The van der Waals surface area contributed by atoms with Gasteiger partial charge in [0, 0.05) is 11.4 Å². The van der Waals surface area contributed by atoms with E-state index in [0.29, 0.717) is 11.4 Å². The lowest BCUT2D eigenvalue weighted by Crippen LogP contribution is -2.22. The molecule has 0 aliphatic heterocycles. The minimum Gasteiger partial charge on any atom is -0.391 e. The average molecular weight is 303 g/mol. The molecule has 2 rings (SSSR count). The summed E-state index contributed by atoms with van der Waals surface area (Å²) in [4.78, 5) is 0.641. The number of sulfonamides is 1. The third-order valence-corrected chi connectivity index (χ3v) is 6.35. The predicted octanol–water partition coefficient (Wildman–Crippen LogP) is 2.09. The fourth-order valence-corrected chi connectivity index (χ4v) is 4.52. The Morgan fingerprint density at radius 2 is 2.11 bits per heavy atom. The van der Waals surface area contributed by atoms with E-state index < -0.39 is 10.0 Å².